The quantitative estimate of drug-likeness (QED) is 0.546. The third-order valence-corrected chi connectivity index (χ3v) is 6.06. The van der Waals surface area contributed by atoms with Gasteiger partial charge in [0.25, 0.3) is 5.56 Å². The van der Waals surface area contributed by atoms with E-state index < -0.39 is 34.8 Å². The van der Waals surface area contributed by atoms with Gasteiger partial charge in [-0.05, 0) is 42.8 Å². The van der Waals surface area contributed by atoms with Crippen LogP contribution in [0.1, 0.15) is 30.0 Å². The summed E-state index contributed by atoms with van der Waals surface area (Å²) < 4.78 is 31.3. The maximum absolute atomic E-state index is 15.0. The van der Waals surface area contributed by atoms with Gasteiger partial charge in [0.1, 0.15) is 5.69 Å². The van der Waals surface area contributed by atoms with Gasteiger partial charge in [0.15, 0.2) is 11.6 Å². The molecule has 1 unspecified atom stereocenters. The third-order valence-electron chi connectivity index (χ3n) is 6.06. The van der Waals surface area contributed by atoms with Crippen LogP contribution in [0.5, 0.6) is 0 Å². The summed E-state index contributed by atoms with van der Waals surface area (Å²) in [6.07, 6.45) is 1.27. The molecule has 2 heterocycles. The molecule has 0 spiro atoms. The number of halogens is 2. The number of amides is 3. The van der Waals surface area contributed by atoms with Crippen molar-refractivity contribution >= 4 is 17.6 Å². The maximum atomic E-state index is 15.0. The van der Waals surface area contributed by atoms with Crippen LogP contribution in [0, 0.1) is 23.5 Å². The van der Waals surface area contributed by atoms with Crippen LogP contribution < -0.4 is 10.5 Å². The van der Waals surface area contributed by atoms with Crippen LogP contribution in [0.4, 0.5) is 19.3 Å². The number of imide groups is 1. The van der Waals surface area contributed by atoms with Crippen LogP contribution in [0.25, 0.3) is 0 Å². The first-order chi connectivity index (χ1) is 16.1. The van der Waals surface area contributed by atoms with Crippen LogP contribution >= 0.6 is 0 Å². The molecule has 3 aromatic rings. The molecule has 8 heteroatoms. The third kappa shape index (κ3) is 3.97. The van der Waals surface area contributed by atoms with Crippen molar-refractivity contribution in [2.24, 2.45) is 7.05 Å². The highest BCUT2D eigenvalue weighted by atomic mass is 19.1. The van der Waals surface area contributed by atoms with Crippen molar-refractivity contribution in [3.63, 3.8) is 0 Å². The minimum absolute atomic E-state index is 0.0674. The van der Waals surface area contributed by atoms with E-state index in [1.165, 1.54) is 28.8 Å². The average molecular weight is 461 g/mol. The smallest absolute Gasteiger partial charge is 0.319 e. The predicted octanol–water partition coefficient (Wildman–Crippen LogP) is 3.77. The van der Waals surface area contributed by atoms with Gasteiger partial charge in [0.05, 0.1) is 12.0 Å². The normalized spacial score (nSPS) is 18.0. The molecule has 1 aliphatic rings. The van der Waals surface area contributed by atoms with Gasteiger partial charge in [-0.3, -0.25) is 9.59 Å². The van der Waals surface area contributed by atoms with E-state index >= 15 is 0 Å². The van der Waals surface area contributed by atoms with Gasteiger partial charge in [0.2, 0.25) is 5.91 Å². The van der Waals surface area contributed by atoms with E-state index in [0.717, 1.165) is 12.1 Å². The molecule has 1 fully saturated rings. The second-order valence-corrected chi connectivity index (χ2v) is 8.29. The Morgan fingerprint density at radius 2 is 1.50 bits per heavy atom. The molecule has 2 aromatic carbocycles. The number of rotatable bonds is 2. The lowest BCUT2D eigenvalue weighted by Gasteiger charge is -2.45. The fraction of sp³-hybridized carbons (Fsp3) is 0.192. The van der Waals surface area contributed by atoms with E-state index in [1.54, 1.807) is 44.3 Å². The summed E-state index contributed by atoms with van der Waals surface area (Å²) in [6, 6.07) is 13.0. The molecule has 1 aromatic heterocycles. The molecule has 0 N–H and O–H groups in total. The second kappa shape index (κ2) is 8.60. The van der Waals surface area contributed by atoms with Crippen molar-refractivity contribution < 1.29 is 18.4 Å². The summed E-state index contributed by atoms with van der Waals surface area (Å²) in [5.74, 6) is 2.56. The van der Waals surface area contributed by atoms with Gasteiger partial charge in [0, 0.05) is 37.5 Å². The molecule has 172 valence electrons. The highest BCUT2D eigenvalue weighted by Gasteiger charge is 2.47. The van der Waals surface area contributed by atoms with Gasteiger partial charge < -0.3 is 9.47 Å². The number of benzene rings is 2. The molecule has 34 heavy (non-hydrogen) atoms. The summed E-state index contributed by atoms with van der Waals surface area (Å²) in [5.41, 5.74) is -1.03. The number of nitrogens with zero attached hydrogens (tertiary/aromatic N) is 3. The average Bonchev–Trinajstić information content (AvgIpc) is 2.80. The van der Waals surface area contributed by atoms with Crippen molar-refractivity contribution in [2.75, 3.05) is 11.9 Å². The van der Waals surface area contributed by atoms with Gasteiger partial charge in [-0.25, -0.2) is 18.5 Å². The molecular weight excluding hydrogens is 440 g/mol. The summed E-state index contributed by atoms with van der Waals surface area (Å²) in [5, 5.41) is 0. The van der Waals surface area contributed by atoms with E-state index in [9.17, 15) is 23.2 Å². The molecule has 3 amide bonds. The zero-order valence-corrected chi connectivity index (χ0v) is 18.8. The number of urea groups is 1. The van der Waals surface area contributed by atoms with E-state index in [2.05, 4.69) is 11.8 Å². The fourth-order valence-electron chi connectivity index (χ4n) is 3.88. The fourth-order valence-corrected chi connectivity index (χ4v) is 3.88. The van der Waals surface area contributed by atoms with Crippen LogP contribution in [-0.2, 0) is 17.4 Å². The lowest BCUT2D eigenvalue weighted by atomic mass is 9.85. The van der Waals surface area contributed by atoms with E-state index in [1.807, 2.05) is 6.07 Å². The molecule has 1 saturated heterocycles. The SMILES string of the molecule is CN1C(=O)N(c2c(F)cc(C#Cc3ccccc3)cc2F)C(=O)CC1(C)c1ccn(C)c(=O)c1. The highest BCUT2D eigenvalue weighted by Crippen LogP contribution is 2.38. The first-order valence-electron chi connectivity index (χ1n) is 10.5. The van der Waals surface area contributed by atoms with Crippen LogP contribution in [0.3, 0.4) is 0 Å². The first-order valence-corrected chi connectivity index (χ1v) is 10.5. The van der Waals surface area contributed by atoms with E-state index in [-0.39, 0.29) is 17.5 Å². The monoisotopic (exact) mass is 461 g/mol. The Balaban J connectivity index is 1.69. The molecule has 6 nitrogen and oxygen atoms in total. The standard InChI is InChI=1S/C26H21F2N3O3/c1-26(19-11-12-29(2)22(32)15-19)16-23(33)31(25(34)30(26)3)24-20(27)13-18(14-21(24)28)10-9-17-7-5-4-6-8-17/h4-8,11-15H,16H2,1-3H3. The van der Waals surface area contributed by atoms with E-state index in [4.69, 9.17) is 0 Å². The number of aromatic nitrogens is 1. The Bertz CT molecular complexity index is 1400. The molecule has 1 atom stereocenters. The number of hydrogen-bond donors (Lipinski definition) is 0. The largest absolute Gasteiger partial charge is 0.332 e. The van der Waals surface area contributed by atoms with Crippen LogP contribution in [0.15, 0.2) is 65.6 Å². The van der Waals surface area contributed by atoms with Crippen molar-refractivity contribution in [3.8, 4) is 11.8 Å². The lowest BCUT2D eigenvalue weighted by molar-refractivity contribution is -0.122. The Morgan fingerprint density at radius 3 is 2.12 bits per heavy atom. The Kier molecular flexibility index (Phi) is 5.80. The van der Waals surface area contributed by atoms with Crippen LogP contribution in [-0.4, -0.2) is 28.5 Å². The number of aryl methyl sites for hydroxylation is 1. The van der Waals surface area contributed by atoms with Crippen LogP contribution in [0.2, 0.25) is 0 Å². The van der Waals surface area contributed by atoms with E-state index in [0.29, 0.717) is 16.0 Å². The molecule has 0 aliphatic carbocycles. The Morgan fingerprint density at radius 1 is 0.882 bits per heavy atom. The van der Waals surface area contributed by atoms with Crippen molar-refractivity contribution in [1.29, 1.82) is 0 Å². The van der Waals surface area contributed by atoms with Gasteiger partial charge in [-0.15, -0.1) is 0 Å². The van der Waals surface area contributed by atoms with Gasteiger partial charge >= 0.3 is 6.03 Å². The van der Waals surface area contributed by atoms with Crippen molar-refractivity contribution in [2.45, 2.75) is 18.9 Å². The number of anilines is 1. The molecule has 0 bridgehead atoms. The minimum atomic E-state index is -1.16. The number of carbonyl (C=O) groups is 2. The number of pyridine rings is 1. The molecule has 0 radical (unpaired) electrons. The number of carbonyl (C=O) groups excluding carboxylic acids is 2. The molecular formula is C26H21F2N3O3. The molecule has 4 rings (SSSR count). The van der Waals surface area contributed by atoms with Gasteiger partial charge in [-0.2, -0.15) is 0 Å². The number of hydrogen-bond acceptors (Lipinski definition) is 3. The summed E-state index contributed by atoms with van der Waals surface area (Å²) in [7, 11) is 3.01. The van der Waals surface area contributed by atoms with Crippen molar-refractivity contribution in [3.05, 3.63) is 99.5 Å². The van der Waals surface area contributed by atoms with Crippen molar-refractivity contribution in [1.82, 2.24) is 9.47 Å². The zero-order chi connectivity index (χ0) is 24.6. The molecule has 0 saturated carbocycles. The maximum Gasteiger partial charge on any atom is 0.332 e. The topological polar surface area (TPSA) is 62.6 Å². The zero-order valence-electron chi connectivity index (χ0n) is 18.8. The van der Waals surface area contributed by atoms with Gasteiger partial charge in [-0.1, -0.05) is 30.0 Å². The Hall–Kier alpha value is -4.25. The lowest BCUT2D eigenvalue weighted by Crippen LogP contribution is -2.60. The predicted molar refractivity (Wildman–Crippen MR) is 123 cm³/mol. The molecule has 1 aliphatic heterocycles. The first kappa shape index (κ1) is 22.9. The Labute approximate surface area is 195 Å². The highest BCUT2D eigenvalue weighted by molar-refractivity contribution is 6.16. The summed E-state index contributed by atoms with van der Waals surface area (Å²) in [4.78, 5) is 40.0. The summed E-state index contributed by atoms with van der Waals surface area (Å²) >= 11 is 0. The summed E-state index contributed by atoms with van der Waals surface area (Å²) in [6.45, 7) is 1.63. The second-order valence-electron chi connectivity index (χ2n) is 8.29. The minimum Gasteiger partial charge on any atom is -0.319 e.